The Bertz CT molecular complexity index is 2960. The molecule has 262 valence electrons. The highest BCUT2D eigenvalue weighted by Crippen LogP contribution is 2.31. The van der Waals surface area contributed by atoms with Gasteiger partial charge in [0, 0.05) is 52.2 Å². The summed E-state index contributed by atoms with van der Waals surface area (Å²) in [7, 11) is -3.92. The van der Waals surface area contributed by atoms with Gasteiger partial charge in [-0.05, 0) is 78.4 Å². The Morgan fingerprint density at radius 1 is 0.537 bits per heavy atom. The number of nitrogens with zero attached hydrogens (tertiary/aromatic N) is 7. The first kappa shape index (κ1) is 32.5. The molecule has 5 aromatic heterocycles. The Kier molecular flexibility index (Phi) is 8.03. The largest absolute Gasteiger partial charge is 0.345 e. The van der Waals surface area contributed by atoms with Crippen molar-refractivity contribution in [1.82, 2.24) is 44.9 Å². The van der Waals surface area contributed by atoms with Crippen molar-refractivity contribution in [3.63, 3.8) is 0 Å². The topological polar surface area (TPSA) is 206 Å². The van der Waals surface area contributed by atoms with Crippen LogP contribution in [0.2, 0.25) is 0 Å². The van der Waals surface area contributed by atoms with Crippen molar-refractivity contribution in [2.24, 2.45) is 5.14 Å². The fourth-order valence-corrected chi connectivity index (χ4v) is 6.64. The Balaban J connectivity index is 1.04. The zero-order chi connectivity index (χ0) is 36.6. The van der Waals surface area contributed by atoms with Gasteiger partial charge in [0.05, 0.1) is 56.7 Å². The average Bonchev–Trinajstić information content (AvgIpc) is 3.87. The minimum absolute atomic E-state index is 0.0345. The molecule has 4 aromatic carbocycles. The number of hydrogen-bond acceptors (Lipinski definition) is 11. The quantitative estimate of drug-likeness (QED) is 0.100. The monoisotopic (exact) mass is 728 g/mol. The first-order valence-electron chi connectivity index (χ1n) is 16.6. The molecule has 6 N–H and O–H groups in total. The standard InChI is InChI=1S/C39H28N12O2S/c40-54(52,53)30-6-2-5-29(17-30)48-39-50-34(25-8-10-33-37(16-25)46-22-44-33)18-35(51-39)27-13-26(19-41-20-27)23-3-1-4-28(14-23)47-38-42-12-11-31(49-38)24-7-9-32-36(15-24)45-21-43-32/h1-22H,(H,43,45)(H,44,46)(H2,40,52,53)(H,42,47,49)(H,48,50,51). The number of rotatable bonds is 9. The van der Waals surface area contributed by atoms with E-state index >= 15 is 0 Å². The molecule has 0 atom stereocenters. The lowest BCUT2D eigenvalue weighted by molar-refractivity contribution is 0.598. The van der Waals surface area contributed by atoms with E-state index in [4.69, 9.17) is 20.1 Å². The summed E-state index contributed by atoms with van der Waals surface area (Å²) in [6.07, 6.45) is 8.56. The van der Waals surface area contributed by atoms with Crippen molar-refractivity contribution in [3.05, 3.63) is 134 Å². The Morgan fingerprint density at radius 3 is 1.91 bits per heavy atom. The van der Waals surface area contributed by atoms with Crippen molar-refractivity contribution in [1.29, 1.82) is 0 Å². The highest BCUT2D eigenvalue weighted by Gasteiger charge is 2.14. The lowest BCUT2D eigenvalue weighted by Gasteiger charge is -2.12. The van der Waals surface area contributed by atoms with E-state index in [9.17, 15) is 8.42 Å². The molecule has 0 aliphatic carbocycles. The van der Waals surface area contributed by atoms with Crippen LogP contribution in [-0.2, 0) is 10.0 Å². The summed E-state index contributed by atoms with van der Waals surface area (Å²) in [5.74, 6) is 0.703. The van der Waals surface area contributed by atoms with Crippen LogP contribution in [-0.4, -0.2) is 53.3 Å². The maximum absolute atomic E-state index is 12.0. The smallest absolute Gasteiger partial charge is 0.238 e. The van der Waals surface area contributed by atoms with E-state index in [1.165, 1.54) is 12.1 Å². The number of imidazole rings is 2. The zero-order valence-corrected chi connectivity index (χ0v) is 29.0. The van der Waals surface area contributed by atoms with E-state index in [0.29, 0.717) is 23.0 Å². The molecule has 14 nitrogen and oxygen atoms in total. The molecule has 0 bridgehead atoms. The highest BCUT2D eigenvalue weighted by atomic mass is 32.2. The number of pyridine rings is 1. The van der Waals surface area contributed by atoms with Crippen LogP contribution in [0.25, 0.3) is 67.0 Å². The second-order valence-electron chi connectivity index (χ2n) is 12.4. The minimum Gasteiger partial charge on any atom is -0.345 e. The van der Waals surface area contributed by atoms with E-state index in [1.807, 2.05) is 78.9 Å². The SMILES string of the molecule is NS(=O)(=O)c1cccc(Nc2nc(-c3cncc(-c4cccc(Nc5nccc(-c6ccc7[nH]cnc7c6)n5)c4)c3)cc(-c3ccc4[nH]cnc4c3)n2)c1. The summed E-state index contributed by atoms with van der Waals surface area (Å²) in [5, 5.41) is 11.9. The van der Waals surface area contributed by atoms with Gasteiger partial charge in [-0.3, -0.25) is 4.98 Å². The lowest BCUT2D eigenvalue weighted by atomic mass is 10.0. The van der Waals surface area contributed by atoms with Crippen molar-refractivity contribution in [3.8, 4) is 44.9 Å². The van der Waals surface area contributed by atoms with Gasteiger partial charge in [0.25, 0.3) is 0 Å². The van der Waals surface area contributed by atoms with Crippen LogP contribution < -0.4 is 15.8 Å². The molecule has 0 saturated heterocycles. The van der Waals surface area contributed by atoms with Crippen LogP contribution in [0.3, 0.4) is 0 Å². The minimum atomic E-state index is -3.92. The Labute approximate surface area is 307 Å². The van der Waals surface area contributed by atoms with Crippen LogP contribution in [0, 0.1) is 0 Å². The first-order valence-corrected chi connectivity index (χ1v) is 18.2. The Hall–Kier alpha value is -7.36. The molecule has 5 heterocycles. The van der Waals surface area contributed by atoms with Crippen molar-refractivity contribution < 1.29 is 8.42 Å². The van der Waals surface area contributed by atoms with Gasteiger partial charge in [-0.25, -0.2) is 43.5 Å². The summed E-state index contributed by atoms with van der Waals surface area (Å²) >= 11 is 0. The zero-order valence-electron chi connectivity index (χ0n) is 28.1. The second kappa shape index (κ2) is 13.3. The number of hydrogen-bond donors (Lipinski definition) is 5. The van der Waals surface area contributed by atoms with Gasteiger partial charge in [0.1, 0.15) is 0 Å². The van der Waals surface area contributed by atoms with Gasteiger partial charge in [-0.1, -0.05) is 30.3 Å². The number of H-pyrrole nitrogens is 2. The number of nitrogens with one attached hydrogen (secondary N) is 4. The molecule has 9 rings (SSSR count). The van der Waals surface area contributed by atoms with Crippen LogP contribution in [0.15, 0.2) is 139 Å². The molecule has 0 saturated carbocycles. The van der Waals surface area contributed by atoms with Crippen LogP contribution in [0.1, 0.15) is 0 Å². The lowest BCUT2D eigenvalue weighted by Crippen LogP contribution is -2.12. The van der Waals surface area contributed by atoms with Crippen LogP contribution in [0.5, 0.6) is 0 Å². The molecular formula is C39H28N12O2S. The van der Waals surface area contributed by atoms with E-state index in [1.54, 1.807) is 43.4 Å². The van der Waals surface area contributed by atoms with Gasteiger partial charge < -0.3 is 20.6 Å². The average molecular weight is 729 g/mol. The van der Waals surface area contributed by atoms with E-state index in [2.05, 4.69) is 40.5 Å². The molecule has 0 fully saturated rings. The highest BCUT2D eigenvalue weighted by molar-refractivity contribution is 7.89. The molecule has 0 aliphatic heterocycles. The predicted molar refractivity (Wildman–Crippen MR) is 207 cm³/mol. The van der Waals surface area contributed by atoms with Gasteiger partial charge in [0.15, 0.2) is 0 Å². The number of nitrogens with two attached hydrogens (primary N) is 1. The summed E-state index contributed by atoms with van der Waals surface area (Å²) in [5.41, 5.74) is 11.0. The number of primary sulfonamides is 1. The normalized spacial score (nSPS) is 11.6. The maximum Gasteiger partial charge on any atom is 0.238 e. The van der Waals surface area contributed by atoms with E-state index < -0.39 is 10.0 Å². The van der Waals surface area contributed by atoms with Crippen LogP contribution in [0.4, 0.5) is 23.3 Å². The van der Waals surface area contributed by atoms with E-state index in [0.717, 1.165) is 61.3 Å². The molecule has 0 radical (unpaired) electrons. The van der Waals surface area contributed by atoms with Gasteiger partial charge in [-0.2, -0.15) is 0 Å². The van der Waals surface area contributed by atoms with Gasteiger partial charge in [-0.15, -0.1) is 0 Å². The summed E-state index contributed by atoms with van der Waals surface area (Å²) in [6, 6.07) is 31.6. The number of sulfonamides is 1. The number of aromatic nitrogens is 9. The van der Waals surface area contributed by atoms with Crippen molar-refractivity contribution in [2.45, 2.75) is 4.90 Å². The van der Waals surface area contributed by atoms with Crippen molar-refractivity contribution >= 4 is 55.4 Å². The second-order valence-corrected chi connectivity index (χ2v) is 13.9. The van der Waals surface area contributed by atoms with Crippen LogP contribution >= 0.6 is 0 Å². The van der Waals surface area contributed by atoms with E-state index in [-0.39, 0.29) is 10.8 Å². The fraction of sp³-hybridized carbons (Fsp3) is 0. The summed E-state index contributed by atoms with van der Waals surface area (Å²) in [4.78, 5) is 38.3. The molecule has 0 aliphatic rings. The number of benzene rings is 4. The summed E-state index contributed by atoms with van der Waals surface area (Å²) in [6.45, 7) is 0. The third-order valence-corrected chi connectivity index (χ3v) is 9.63. The van der Waals surface area contributed by atoms with Gasteiger partial charge >= 0.3 is 0 Å². The Morgan fingerprint density at radius 2 is 1.17 bits per heavy atom. The molecule has 54 heavy (non-hydrogen) atoms. The summed E-state index contributed by atoms with van der Waals surface area (Å²) < 4.78 is 24.1. The molecular weight excluding hydrogens is 701 g/mol. The molecule has 0 spiro atoms. The van der Waals surface area contributed by atoms with Gasteiger partial charge in [0.2, 0.25) is 21.9 Å². The van der Waals surface area contributed by atoms with Crippen molar-refractivity contribution in [2.75, 3.05) is 10.6 Å². The number of anilines is 4. The number of fused-ring (bicyclic) bond motifs is 2. The third-order valence-electron chi connectivity index (χ3n) is 8.72. The molecule has 9 aromatic rings. The third kappa shape index (κ3) is 6.70. The number of aromatic amines is 2. The predicted octanol–water partition coefficient (Wildman–Crippen LogP) is 7.22. The molecule has 15 heteroatoms. The molecule has 0 unspecified atom stereocenters. The maximum atomic E-state index is 12.0. The first-order chi connectivity index (χ1) is 26.3. The fourth-order valence-electron chi connectivity index (χ4n) is 6.08. The molecule has 0 amide bonds.